The van der Waals surface area contributed by atoms with Crippen molar-refractivity contribution >= 4 is 34.5 Å². The van der Waals surface area contributed by atoms with Crippen LogP contribution in [0.15, 0.2) is 47.3 Å². The van der Waals surface area contributed by atoms with Gasteiger partial charge in [0.15, 0.2) is 0 Å². The van der Waals surface area contributed by atoms with Crippen LogP contribution in [0.25, 0.3) is 11.0 Å². The summed E-state index contributed by atoms with van der Waals surface area (Å²) in [5, 5.41) is 10.7. The number of halogens is 5. The molecule has 1 aliphatic heterocycles. The molecule has 0 unspecified atom stereocenters. The lowest BCUT2D eigenvalue weighted by molar-refractivity contribution is -0.192. The van der Waals surface area contributed by atoms with Gasteiger partial charge in [-0.15, -0.1) is 0 Å². The van der Waals surface area contributed by atoms with E-state index in [1.54, 1.807) is 34.9 Å². The molecule has 8 nitrogen and oxygen atoms in total. The van der Waals surface area contributed by atoms with Gasteiger partial charge in [0.05, 0.1) is 11.0 Å². The van der Waals surface area contributed by atoms with E-state index in [9.17, 15) is 27.2 Å². The third-order valence-corrected chi connectivity index (χ3v) is 6.11. The highest BCUT2D eigenvalue weighted by Gasteiger charge is 2.38. The second-order valence-electron chi connectivity index (χ2n) is 8.68. The first-order valence-electron chi connectivity index (χ1n) is 11.3. The molecule has 3 N–H and O–H groups in total. The monoisotopic (exact) mass is 544 g/mol. The minimum atomic E-state index is -5.08. The van der Waals surface area contributed by atoms with Gasteiger partial charge < -0.3 is 20.3 Å². The van der Waals surface area contributed by atoms with E-state index in [0.29, 0.717) is 21.6 Å². The van der Waals surface area contributed by atoms with Crippen molar-refractivity contribution in [2.75, 3.05) is 19.6 Å². The molecule has 1 fully saturated rings. The number of nitrogens with zero attached hydrogens (tertiary/aromatic N) is 2. The molecule has 1 aliphatic rings. The van der Waals surface area contributed by atoms with Gasteiger partial charge in [0.1, 0.15) is 5.82 Å². The lowest BCUT2D eigenvalue weighted by Gasteiger charge is -2.34. The summed E-state index contributed by atoms with van der Waals surface area (Å²) in [6.07, 6.45) is -3.50. The molecule has 0 aliphatic carbocycles. The number of carbonyl (C=O) groups excluding carboxylic acids is 1. The zero-order valence-electron chi connectivity index (χ0n) is 19.7. The van der Waals surface area contributed by atoms with Crippen molar-refractivity contribution in [1.29, 1.82) is 0 Å². The summed E-state index contributed by atoms with van der Waals surface area (Å²) in [5.74, 6) is -3.23. The Kier molecular flexibility index (Phi) is 8.98. The number of nitrogens with one attached hydrogen (secondary N) is 2. The second kappa shape index (κ2) is 11.8. The van der Waals surface area contributed by atoms with Crippen molar-refractivity contribution in [3.05, 3.63) is 69.4 Å². The topological polar surface area (TPSA) is 107 Å². The first-order valence-corrected chi connectivity index (χ1v) is 11.7. The Morgan fingerprint density at radius 3 is 2.32 bits per heavy atom. The second-order valence-corrected chi connectivity index (χ2v) is 9.11. The van der Waals surface area contributed by atoms with E-state index >= 15 is 0 Å². The van der Waals surface area contributed by atoms with Crippen LogP contribution in [0.3, 0.4) is 0 Å². The predicted octanol–water partition coefficient (Wildman–Crippen LogP) is 4.21. The summed E-state index contributed by atoms with van der Waals surface area (Å²) in [5.41, 5.74) is 1.65. The number of carboxylic acids is 1. The van der Waals surface area contributed by atoms with Crippen LogP contribution < -0.4 is 11.0 Å². The van der Waals surface area contributed by atoms with Crippen molar-refractivity contribution in [3.63, 3.8) is 0 Å². The number of alkyl halides is 3. The highest BCUT2D eigenvalue weighted by Crippen LogP contribution is 2.25. The molecule has 3 aromatic rings. The standard InChI is InChI=1S/C22H24ClFN4O2.C2HF3O2/c1-14(25-21(29)15-2-4-16(23)5-3-15)13-27-10-8-18(9-11-27)28-20-12-17(24)6-7-19(20)26-22(28)30;3-2(4,5)1(6)7/h2-7,12,14,18H,8-11,13H2,1H3,(H,25,29)(H,26,30);(H,6,7)/t14-;/m0./s1. The van der Waals surface area contributed by atoms with Gasteiger partial charge in [0.25, 0.3) is 5.91 Å². The first-order chi connectivity index (χ1) is 17.3. The summed E-state index contributed by atoms with van der Waals surface area (Å²) in [6, 6.07) is 11.2. The molecule has 37 heavy (non-hydrogen) atoms. The summed E-state index contributed by atoms with van der Waals surface area (Å²) >= 11 is 5.87. The quantitative estimate of drug-likeness (QED) is 0.417. The summed E-state index contributed by atoms with van der Waals surface area (Å²) < 4.78 is 47.1. The fraction of sp³-hybridized carbons (Fsp3) is 0.375. The third-order valence-electron chi connectivity index (χ3n) is 5.86. The Morgan fingerprint density at radius 1 is 1.16 bits per heavy atom. The molecule has 1 amide bonds. The van der Waals surface area contributed by atoms with Gasteiger partial charge in [-0.2, -0.15) is 13.2 Å². The Labute approximate surface area is 213 Å². The van der Waals surface area contributed by atoms with Crippen molar-refractivity contribution < 1.29 is 32.3 Å². The number of benzene rings is 2. The molecule has 2 aromatic carbocycles. The molecule has 1 atom stereocenters. The number of aliphatic carboxylic acids is 1. The minimum Gasteiger partial charge on any atom is -0.475 e. The van der Waals surface area contributed by atoms with Gasteiger partial charge in [-0.3, -0.25) is 9.36 Å². The number of piperidine rings is 1. The van der Waals surface area contributed by atoms with E-state index in [1.165, 1.54) is 12.1 Å². The predicted molar refractivity (Wildman–Crippen MR) is 129 cm³/mol. The van der Waals surface area contributed by atoms with Gasteiger partial charge in [-0.05, 0) is 62.2 Å². The molecular weight excluding hydrogens is 520 g/mol. The third kappa shape index (κ3) is 7.56. The lowest BCUT2D eigenvalue weighted by Crippen LogP contribution is -2.45. The Balaban J connectivity index is 0.000000479. The van der Waals surface area contributed by atoms with E-state index in [1.807, 2.05) is 6.92 Å². The zero-order valence-corrected chi connectivity index (χ0v) is 20.4. The van der Waals surface area contributed by atoms with Gasteiger partial charge in [-0.1, -0.05) is 11.6 Å². The molecule has 0 saturated carbocycles. The number of rotatable bonds is 5. The van der Waals surface area contributed by atoms with Gasteiger partial charge in [-0.25, -0.2) is 14.0 Å². The maximum absolute atomic E-state index is 13.7. The lowest BCUT2D eigenvalue weighted by atomic mass is 10.0. The van der Waals surface area contributed by atoms with Crippen LogP contribution in [0.5, 0.6) is 0 Å². The molecule has 13 heteroatoms. The van der Waals surface area contributed by atoms with Crippen LogP contribution in [0.2, 0.25) is 5.02 Å². The Hall–Kier alpha value is -3.38. The number of hydrogen-bond acceptors (Lipinski definition) is 4. The van der Waals surface area contributed by atoms with Crippen LogP contribution in [0.4, 0.5) is 17.6 Å². The van der Waals surface area contributed by atoms with E-state index in [0.717, 1.165) is 32.5 Å². The van der Waals surface area contributed by atoms with Crippen molar-refractivity contribution in [2.45, 2.75) is 38.0 Å². The molecule has 2 heterocycles. The maximum Gasteiger partial charge on any atom is 0.490 e. The van der Waals surface area contributed by atoms with Gasteiger partial charge in [0, 0.05) is 42.3 Å². The van der Waals surface area contributed by atoms with E-state index in [-0.39, 0.29) is 29.5 Å². The highest BCUT2D eigenvalue weighted by atomic mass is 35.5. The Bertz CT molecular complexity index is 1300. The molecule has 1 saturated heterocycles. The number of amides is 1. The maximum atomic E-state index is 13.7. The molecule has 4 rings (SSSR count). The van der Waals surface area contributed by atoms with Crippen LogP contribution in [-0.2, 0) is 4.79 Å². The van der Waals surface area contributed by atoms with Crippen LogP contribution in [-0.4, -0.2) is 63.3 Å². The average molecular weight is 545 g/mol. The fourth-order valence-electron chi connectivity index (χ4n) is 4.16. The number of imidazole rings is 1. The van der Waals surface area contributed by atoms with Crippen LogP contribution in [0, 0.1) is 5.82 Å². The summed E-state index contributed by atoms with van der Waals surface area (Å²) in [7, 11) is 0. The van der Waals surface area contributed by atoms with Crippen molar-refractivity contribution in [1.82, 2.24) is 19.8 Å². The molecule has 0 radical (unpaired) electrons. The summed E-state index contributed by atoms with van der Waals surface area (Å²) in [4.78, 5) is 38.7. The average Bonchev–Trinajstić information content (AvgIpc) is 3.14. The fourth-order valence-corrected chi connectivity index (χ4v) is 4.28. The van der Waals surface area contributed by atoms with E-state index in [2.05, 4.69) is 15.2 Å². The normalized spacial score (nSPS) is 15.6. The van der Waals surface area contributed by atoms with Crippen molar-refractivity contribution in [2.24, 2.45) is 0 Å². The number of aromatic nitrogens is 2. The van der Waals surface area contributed by atoms with Crippen molar-refractivity contribution in [3.8, 4) is 0 Å². The number of hydrogen-bond donors (Lipinski definition) is 3. The first kappa shape index (κ1) is 28.2. The Morgan fingerprint density at radius 2 is 1.76 bits per heavy atom. The van der Waals surface area contributed by atoms with Gasteiger partial charge in [0.2, 0.25) is 0 Å². The minimum absolute atomic E-state index is 0.0189. The van der Waals surface area contributed by atoms with Crippen LogP contribution >= 0.6 is 11.6 Å². The highest BCUT2D eigenvalue weighted by molar-refractivity contribution is 6.30. The number of carbonyl (C=O) groups is 2. The number of H-pyrrole nitrogens is 1. The summed E-state index contributed by atoms with van der Waals surface area (Å²) in [6.45, 7) is 4.32. The van der Waals surface area contributed by atoms with E-state index in [4.69, 9.17) is 21.5 Å². The molecule has 200 valence electrons. The molecular formula is C24H25ClF4N4O4. The van der Waals surface area contributed by atoms with E-state index < -0.39 is 12.1 Å². The number of aromatic amines is 1. The largest absolute Gasteiger partial charge is 0.490 e. The molecule has 1 aromatic heterocycles. The van der Waals surface area contributed by atoms with Gasteiger partial charge >= 0.3 is 17.8 Å². The number of carboxylic acid groups (broad SMARTS) is 1. The van der Waals surface area contributed by atoms with Crippen LogP contribution in [0.1, 0.15) is 36.2 Å². The molecule has 0 bridgehead atoms. The zero-order chi connectivity index (χ0) is 27.3. The number of likely N-dealkylation sites (tertiary alicyclic amines) is 1. The number of fused-ring (bicyclic) bond motifs is 1. The smallest absolute Gasteiger partial charge is 0.475 e. The molecule has 0 spiro atoms. The SMILES string of the molecule is C[C@@H](CN1CCC(n2c(=O)[nH]c3ccc(F)cc32)CC1)NC(=O)c1ccc(Cl)cc1.O=C(O)C(F)(F)F.